The summed E-state index contributed by atoms with van der Waals surface area (Å²) in [4.78, 5) is 27.6. The van der Waals surface area contributed by atoms with Crippen LogP contribution < -0.4 is 5.32 Å². The first kappa shape index (κ1) is 15.9. The van der Waals surface area contributed by atoms with Gasteiger partial charge in [0.15, 0.2) is 0 Å². The maximum absolute atomic E-state index is 12.2. The van der Waals surface area contributed by atoms with Gasteiger partial charge in [-0.2, -0.15) is 10.2 Å². The predicted molar refractivity (Wildman–Crippen MR) is 86.9 cm³/mol. The Hall–Kier alpha value is -3.03. The van der Waals surface area contributed by atoms with Crippen molar-refractivity contribution in [3.8, 4) is 0 Å². The van der Waals surface area contributed by atoms with Crippen LogP contribution >= 0.6 is 0 Å². The lowest BCUT2D eigenvalue weighted by Crippen LogP contribution is -2.37. The van der Waals surface area contributed by atoms with Crippen LogP contribution in [0.3, 0.4) is 0 Å². The Morgan fingerprint density at radius 2 is 2.04 bits per heavy atom. The second kappa shape index (κ2) is 7.03. The van der Waals surface area contributed by atoms with Crippen LogP contribution in [0.4, 0.5) is 0 Å². The van der Waals surface area contributed by atoms with Crippen LogP contribution in [0, 0.1) is 0 Å². The number of nitrogens with zero attached hydrogens (tertiary/aromatic N) is 5. The van der Waals surface area contributed by atoms with Gasteiger partial charge in [-0.15, -0.1) is 0 Å². The van der Waals surface area contributed by atoms with E-state index in [1.165, 1.54) is 11.3 Å². The Morgan fingerprint density at radius 3 is 2.75 bits per heavy atom. The second-order valence-corrected chi connectivity index (χ2v) is 5.51. The van der Waals surface area contributed by atoms with E-state index in [1.54, 1.807) is 18.1 Å². The maximum atomic E-state index is 12.2. The summed E-state index contributed by atoms with van der Waals surface area (Å²) in [6.07, 6.45) is 3.82. The average molecular weight is 326 g/mol. The summed E-state index contributed by atoms with van der Waals surface area (Å²) in [7, 11) is 1.56. The normalized spacial score (nSPS) is 14.5. The molecule has 8 nitrogen and oxygen atoms in total. The fraction of sp³-hybridized carbons (Fsp3) is 0.312. The first-order valence-corrected chi connectivity index (χ1v) is 7.65. The van der Waals surface area contributed by atoms with Crippen LogP contribution in [0.25, 0.3) is 0 Å². The predicted octanol–water partition coefficient (Wildman–Crippen LogP) is 0.551. The highest BCUT2D eigenvalue weighted by Crippen LogP contribution is 2.11. The van der Waals surface area contributed by atoms with E-state index in [4.69, 9.17) is 0 Å². The van der Waals surface area contributed by atoms with Gasteiger partial charge >= 0.3 is 0 Å². The van der Waals surface area contributed by atoms with Gasteiger partial charge in [0.05, 0.1) is 6.54 Å². The standard InChI is InChI=1S/C16H18N6O2/c1-21-15(23)7-6-14(20-21)16(24)18-8-12-4-2-3-5-13(12)9-22-11-17-10-19-22/h2-5,10-11H,6-9H2,1H3,(H,18,24). The van der Waals surface area contributed by atoms with Crippen molar-refractivity contribution in [3.05, 3.63) is 48.0 Å². The third-order valence-corrected chi connectivity index (χ3v) is 3.83. The summed E-state index contributed by atoms with van der Waals surface area (Å²) in [5, 5.41) is 12.2. The van der Waals surface area contributed by atoms with Crippen molar-refractivity contribution in [1.82, 2.24) is 25.1 Å². The summed E-state index contributed by atoms with van der Waals surface area (Å²) in [5.41, 5.74) is 2.44. The van der Waals surface area contributed by atoms with Crippen molar-refractivity contribution in [2.45, 2.75) is 25.9 Å². The molecule has 2 amide bonds. The van der Waals surface area contributed by atoms with Crippen molar-refractivity contribution in [2.75, 3.05) is 7.05 Å². The smallest absolute Gasteiger partial charge is 0.267 e. The van der Waals surface area contributed by atoms with Gasteiger partial charge in [-0.25, -0.2) is 14.7 Å². The van der Waals surface area contributed by atoms with Crippen molar-refractivity contribution in [1.29, 1.82) is 0 Å². The first-order chi connectivity index (χ1) is 11.6. The summed E-state index contributed by atoms with van der Waals surface area (Å²) >= 11 is 0. The molecule has 0 saturated carbocycles. The lowest BCUT2D eigenvalue weighted by molar-refractivity contribution is -0.130. The number of hydrogen-bond donors (Lipinski definition) is 1. The van der Waals surface area contributed by atoms with E-state index in [2.05, 4.69) is 20.5 Å². The summed E-state index contributed by atoms with van der Waals surface area (Å²) in [6, 6.07) is 7.83. The molecule has 0 radical (unpaired) electrons. The second-order valence-electron chi connectivity index (χ2n) is 5.51. The lowest BCUT2D eigenvalue weighted by atomic mass is 10.1. The van der Waals surface area contributed by atoms with E-state index < -0.39 is 0 Å². The molecule has 3 rings (SSSR count). The van der Waals surface area contributed by atoms with Crippen LogP contribution in [0.15, 0.2) is 42.0 Å². The Balaban J connectivity index is 1.65. The van der Waals surface area contributed by atoms with Crippen molar-refractivity contribution >= 4 is 17.5 Å². The molecule has 0 fully saturated rings. The number of benzene rings is 1. The monoisotopic (exact) mass is 326 g/mol. The molecule has 2 aromatic rings. The molecule has 1 aromatic heterocycles. The zero-order chi connectivity index (χ0) is 16.9. The average Bonchev–Trinajstić information content (AvgIpc) is 3.09. The highest BCUT2D eigenvalue weighted by atomic mass is 16.2. The summed E-state index contributed by atoms with van der Waals surface area (Å²) in [5.74, 6) is -0.324. The van der Waals surface area contributed by atoms with E-state index in [0.29, 0.717) is 31.6 Å². The fourth-order valence-electron chi connectivity index (χ4n) is 2.48. The van der Waals surface area contributed by atoms with Gasteiger partial charge in [0.25, 0.3) is 5.91 Å². The molecule has 1 aliphatic heterocycles. The molecular weight excluding hydrogens is 308 g/mol. The first-order valence-electron chi connectivity index (χ1n) is 7.65. The van der Waals surface area contributed by atoms with Gasteiger partial charge in [-0.3, -0.25) is 9.59 Å². The largest absolute Gasteiger partial charge is 0.347 e. The Labute approximate surface area is 139 Å². The molecule has 0 spiro atoms. The maximum Gasteiger partial charge on any atom is 0.267 e. The third kappa shape index (κ3) is 3.65. The number of hydrazone groups is 1. The molecule has 0 saturated heterocycles. The minimum atomic E-state index is -0.245. The molecule has 2 heterocycles. The van der Waals surface area contributed by atoms with Gasteiger partial charge in [-0.1, -0.05) is 24.3 Å². The molecule has 1 aromatic carbocycles. The van der Waals surface area contributed by atoms with Gasteiger partial charge in [0.1, 0.15) is 18.4 Å². The van der Waals surface area contributed by atoms with Crippen LogP contribution in [0.2, 0.25) is 0 Å². The topological polar surface area (TPSA) is 92.5 Å². The quantitative estimate of drug-likeness (QED) is 0.868. The number of aromatic nitrogens is 3. The van der Waals surface area contributed by atoms with Crippen molar-refractivity contribution < 1.29 is 9.59 Å². The van der Waals surface area contributed by atoms with E-state index >= 15 is 0 Å². The molecule has 1 aliphatic rings. The molecule has 1 N–H and O–H groups in total. The van der Waals surface area contributed by atoms with Crippen LogP contribution in [0.1, 0.15) is 24.0 Å². The Morgan fingerprint density at radius 1 is 1.25 bits per heavy atom. The van der Waals surface area contributed by atoms with E-state index in [0.717, 1.165) is 11.1 Å². The van der Waals surface area contributed by atoms with Crippen molar-refractivity contribution in [3.63, 3.8) is 0 Å². The summed E-state index contributed by atoms with van der Waals surface area (Å²) < 4.78 is 1.73. The van der Waals surface area contributed by atoms with E-state index in [9.17, 15) is 9.59 Å². The van der Waals surface area contributed by atoms with Crippen molar-refractivity contribution in [2.24, 2.45) is 5.10 Å². The molecule has 0 atom stereocenters. The molecule has 0 aliphatic carbocycles. The SMILES string of the molecule is CN1N=C(C(=O)NCc2ccccc2Cn2cncn2)CCC1=O. The molecule has 0 unspecified atom stereocenters. The van der Waals surface area contributed by atoms with Gasteiger partial charge in [0, 0.05) is 26.4 Å². The number of carbonyl (C=O) groups excluding carboxylic acids is 2. The fourth-order valence-corrected chi connectivity index (χ4v) is 2.48. The number of amides is 2. The lowest BCUT2D eigenvalue weighted by Gasteiger charge is -2.19. The van der Waals surface area contributed by atoms with Crippen LogP contribution in [-0.4, -0.2) is 44.3 Å². The number of rotatable bonds is 5. The number of nitrogens with one attached hydrogen (secondary N) is 1. The molecule has 8 heteroatoms. The molecular formula is C16H18N6O2. The van der Waals surface area contributed by atoms with E-state index in [-0.39, 0.29) is 11.8 Å². The number of hydrogen-bond acceptors (Lipinski definition) is 5. The van der Waals surface area contributed by atoms with Gasteiger partial charge < -0.3 is 5.32 Å². The highest BCUT2D eigenvalue weighted by Gasteiger charge is 2.21. The van der Waals surface area contributed by atoms with Crippen LogP contribution in [0.5, 0.6) is 0 Å². The Kier molecular flexibility index (Phi) is 4.64. The van der Waals surface area contributed by atoms with Crippen LogP contribution in [-0.2, 0) is 22.7 Å². The third-order valence-electron chi connectivity index (χ3n) is 3.83. The minimum absolute atomic E-state index is 0.0790. The number of carbonyl (C=O) groups is 2. The molecule has 24 heavy (non-hydrogen) atoms. The zero-order valence-corrected chi connectivity index (χ0v) is 13.3. The molecule has 0 bridgehead atoms. The van der Waals surface area contributed by atoms with Gasteiger partial charge in [0.2, 0.25) is 5.91 Å². The minimum Gasteiger partial charge on any atom is -0.347 e. The summed E-state index contributed by atoms with van der Waals surface area (Å²) in [6.45, 7) is 0.977. The van der Waals surface area contributed by atoms with Gasteiger partial charge in [-0.05, 0) is 11.1 Å². The zero-order valence-electron chi connectivity index (χ0n) is 13.3. The Bertz CT molecular complexity index is 769. The molecule has 124 valence electrons. The highest BCUT2D eigenvalue weighted by molar-refractivity contribution is 6.39. The van der Waals surface area contributed by atoms with E-state index in [1.807, 2.05) is 24.3 Å².